The average Bonchev–Trinajstić information content (AvgIpc) is 2.69. The van der Waals surface area contributed by atoms with Crippen LogP contribution in [0.3, 0.4) is 0 Å². The number of hydrogen-bond acceptors (Lipinski definition) is 5. The maximum atomic E-state index is 10.8. The third kappa shape index (κ3) is 4.53. The van der Waals surface area contributed by atoms with Gasteiger partial charge in [-0.15, -0.1) is 0 Å². The van der Waals surface area contributed by atoms with Crippen LogP contribution in [0.4, 0.5) is 0 Å². The van der Waals surface area contributed by atoms with Crippen molar-refractivity contribution in [2.45, 2.75) is 77.4 Å². The summed E-state index contributed by atoms with van der Waals surface area (Å²) in [6, 6.07) is 7.75. The molecule has 0 amide bonds. The van der Waals surface area contributed by atoms with Crippen molar-refractivity contribution in [3.05, 3.63) is 29.8 Å². The predicted molar refractivity (Wildman–Crippen MR) is 98.1 cm³/mol. The third-order valence-electron chi connectivity index (χ3n) is 4.44. The van der Waals surface area contributed by atoms with Crippen LogP contribution >= 0.6 is 0 Å². The van der Waals surface area contributed by atoms with Gasteiger partial charge < -0.3 is 19.4 Å². The lowest BCUT2D eigenvalue weighted by atomic mass is 9.86. The quantitative estimate of drug-likeness (QED) is 0.889. The van der Waals surface area contributed by atoms with Crippen LogP contribution in [0.15, 0.2) is 24.3 Å². The monoisotopic (exact) mass is 351 g/mol. The van der Waals surface area contributed by atoms with Crippen molar-refractivity contribution in [3.63, 3.8) is 0 Å². The van der Waals surface area contributed by atoms with Gasteiger partial charge >= 0.3 is 0 Å². The van der Waals surface area contributed by atoms with Gasteiger partial charge in [0.2, 0.25) is 0 Å². The van der Waals surface area contributed by atoms with Crippen LogP contribution in [0.1, 0.15) is 54.0 Å². The zero-order valence-corrected chi connectivity index (χ0v) is 16.8. The normalized spacial score (nSPS) is 28.4. The highest BCUT2D eigenvalue weighted by Crippen LogP contribution is 2.43. The SMILES string of the molecule is COc1ccc([C@]2(C)[C@@H](OC(C)(C)C)[C@H](OC(C)(C)C)CN2O)cc1. The minimum Gasteiger partial charge on any atom is -0.497 e. The van der Waals surface area contributed by atoms with E-state index in [9.17, 15) is 5.21 Å². The van der Waals surface area contributed by atoms with Gasteiger partial charge in [0.05, 0.1) is 30.4 Å². The molecule has 1 aromatic carbocycles. The molecule has 0 unspecified atom stereocenters. The van der Waals surface area contributed by atoms with Crippen molar-refractivity contribution < 1.29 is 19.4 Å². The molecule has 1 aromatic rings. The smallest absolute Gasteiger partial charge is 0.118 e. The van der Waals surface area contributed by atoms with Gasteiger partial charge in [-0.1, -0.05) is 12.1 Å². The standard InChI is InChI=1S/C20H33NO4/c1-18(2,3)24-16-13-21(22)20(7,17(16)25-19(4,5)6)14-9-11-15(23-8)12-10-14/h9-12,16-17,22H,13H2,1-8H3/t16-,17+,20-/m1/s1. The van der Waals surface area contributed by atoms with Crippen LogP contribution in [0.2, 0.25) is 0 Å². The van der Waals surface area contributed by atoms with E-state index in [1.165, 1.54) is 5.06 Å². The van der Waals surface area contributed by atoms with E-state index in [1.807, 2.05) is 72.7 Å². The Hall–Kier alpha value is -1.14. The molecule has 142 valence electrons. The van der Waals surface area contributed by atoms with Gasteiger partial charge in [-0.2, -0.15) is 5.06 Å². The van der Waals surface area contributed by atoms with Crippen molar-refractivity contribution >= 4 is 0 Å². The summed E-state index contributed by atoms with van der Waals surface area (Å²) >= 11 is 0. The Kier molecular flexibility index (Phi) is 5.55. The van der Waals surface area contributed by atoms with Gasteiger partial charge in [-0.05, 0) is 66.2 Å². The van der Waals surface area contributed by atoms with Crippen molar-refractivity contribution in [2.24, 2.45) is 0 Å². The molecule has 1 N–H and O–H groups in total. The molecule has 5 heteroatoms. The first kappa shape index (κ1) is 20.2. The number of hydroxylamine groups is 2. The maximum absolute atomic E-state index is 10.8. The average molecular weight is 351 g/mol. The molecule has 0 aliphatic carbocycles. The van der Waals surface area contributed by atoms with Crippen molar-refractivity contribution in [1.29, 1.82) is 0 Å². The highest BCUT2D eigenvalue weighted by atomic mass is 16.6. The summed E-state index contributed by atoms with van der Waals surface area (Å²) in [5.74, 6) is 0.783. The van der Waals surface area contributed by atoms with Gasteiger partial charge in [0, 0.05) is 0 Å². The molecule has 1 heterocycles. The van der Waals surface area contributed by atoms with Crippen LogP contribution in [-0.4, -0.2) is 47.3 Å². The molecule has 2 rings (SSSR count). The molecule has 5 nitrogen and oxygen atoms in total. The number of ether oxygens (including phenoxy) is 3. The Balaban J connectivity index is 2.43. The van der Waals surface area contributed by atoms with Gasteiger partial charge in [0.15, 0.2) is 0 Å². The van der Waals surface area contributed by atoms with E-state index in [-0.39, 0.29) is 23.4 Å². The molecule has 1 aliphatic heterocycles. The minimum absolute atomic E-state index is 0.240. The molecule has 1 saturated heterocycles. The van der Waals surface area contributed by atoms with E-state index in [0.29, 0.717) is 6.54 Å². The number of rotatable bonds is 4. The fourth-order valence-corrected chi connectivity index (χ4v) is 3.33. The van der Waals surface area contributed by atoms with E-state index in [0.717, 1.165) is 11.3 Å². The Morgan fingerprint density at radius 3 is 1.96 bits per heavy atom. The first-order valence-electron chi connectivity index (χ1n) is 8.83. The van der Waals surface area contributed by atoms with Crippen molar-refractivity contribution in [3.8, 4) is 5.75 Å². The molecular weight excluding hydrogens is 318 g/mol. The minimum atomic E-state index is -0.713. The van der Waals surface area contributed by atoms with Crippen LogP contribution in [0, 0.1) is 0 Å². The van der Waals surface area contributed by atoms with E-state index in [1.54, 1.807) is 7.11 Å². The summed E-state index contributed by atoms with van der Waals surface area (Å²) in [5, 5.41) is 12.2. The van der Waals surface area contributed by atoms with Gasteiger partial charge in [0.1, 0.15) is 18.0 Å². The lowest BCUT2D eigenvalue weighted by molar-refractivity contribution is -0.196. The predicted octanol–water partition coefficient (Wildman–Crippen LogP) is 3.98. The Morgan fingerprint density at radius 2 is 1.52 bits per heavy atom. The van der Waals surface area contributed by atoms with Gasteiger partial charge in [0.25, 0.3) is 0 Å². The van der Waals surface area contributed by atoms with E-state index in [2.05, 4.69) is 0 Å². The van der Waals surface area contributed by atoms with Crippen LogP contribution < -0.4 is 4.74 Å². The zero-order valence-electron chi connectivity index (χ0n) is 16.8. The fraction of sp³-hybridized carbons (Fsp3) is 0.700. The summed E-state index contributed by atoms with van der Waals surface area (Å²) in [5.41, 5.74) is -0.431. The summed E-state index contributed by atoms with van der Waals surface area (Å²) in [6.45, 7) is 14.5. The molecule has 0 saturated carbocycles. The zero-order chi connectivity index (χ0) is 19.0. The highest BCUT2D eigenvalue weighted by Gasteiger charge is 2.55. The summed E-state index contributed by atoms with van der Waals surface area (Å²) in [6.07, 6.45) is -0.554. The van der Waals surface area contributed by atoms with E-state index in [4.69, 9.17) is 14.2 Å². The van der Waals surface area contributed by atoms with Crippen LogP contribution in [0.25, 0.3) is 0 Å². The second-order valence-electron chi connectivity index (χ2n) is 8.88. The van der Waals surface area contributed by atoms with Crippen molar-refractivity contribution in [2.75, 3.05) is 13.7 Å². The lowest BCUT2D eigenvalue weighted by Crippen LogP contribution is -2.50. The van der Waals surface area contributed by atoms with Crippen LogP contribution in [-0.2, 0) is 15.0 Å². The molecule has 1 fully saturated rings. The third-order valence-corrected chi connectivity index (χ3v) is 4.44. The van der Waals surface area contributed by atoms with E-state index >= 15 is 0 Å². The molecular formula is C20H33NO4. The maximum Gasteiger partial charge on any atom is 0.118 e. The Bertz CT molecular complexity index is 573. The molecule has 3 atom stereocenters. The Morgan fingerprint density at radius 1 is 1.00 bits per heavy atom. The van der Waals surface area contributed by atoms with Crippen LogP contribution in [0.5, 0.6) is 5.75 Å². The highest BCUT2D eigenvalue weighted by molar-refractivity contribution is 5.34. The second kappa shape index (κ2) is 6.88. The van der Waals surface area contributed by atoms with Gasteiger partial charge in [-0.3, -0.25) is 0 Å². The summed E-state index contributed by atoms with van der Waals surface area (Å²) in [4.78, 5) is 0. The molecule has 1 aliphatic rings. The number of benzene rings is 1. The Labute approximate surface area is 151 Å². The van der Waals surface area contributed by atoms with Gasteiger partial charge in [-0.25, -0.2) is 0 Å². The summed E-state index contributed by atoms with van der Waals surface area (Å²) in [7, 11) is 1.64. The first-order valence-corrected chi connectivity index (χ1v) is 8.83. The largest absolute Gasteiger partial charge is 0.497 e. The molecule has 0 bridgehead atoms. The molecule has 0 aromatic heterocycles. The molecule has 25 heavy (non-hydrogen) atoms. The van der Waals surface area contributed by atoms with Crippen molar-refractivity contribution in [1.82, 2.24) is 5.06 Å². The number of hydrogen-bond donors (Lipinski definition) is 1. The second-order valence-corrected chi connectivity index (χ2v) is 8.88. The fourth-order valence-electron chi connectivity index (χ4n) is 3.33. The lowest BCUT2D eigenvalue weighted by Gasteiger charge is -2.40. The summed E-state index contributed by atoms with van der Waals surface area (Å²) < 4.78 is 17.9. The topological polar surface area (TPSA) is 51.2 Å². The molecule has 0 spiro atoms. The number of nitrogens with zero attached hydrogens (tertiary/aromatic N) is 1. The first-order chi connectivity index (χ1) is 11.4. The molecule has 0 radical (unpaired) electrons. The van der Waals surface area contributed by atoms with E-state index < -0.39 is 5.54 Å². The number of methoxy groups -OCH3 is 1.